The van der Waals surface area contributed by atoms with Crippen molar-refractivity contribution in [2.75, 3.05) is 55.9 Å². The Morgan fingerprint density at radius 1 is 1.22 bits per heavy atom. The van der Waals surface area contributed by atoms with Gasteiger partial charge in [0.2, 0.25) is 5.91 Å². The summed E-state index contributed by atoms with van der Waals surface area (Å²) in [6, 6.07) is 9.72. The molecule has 192 valence electrons. The third-order valence-electron chi connectivity index (χ3n) is 6.27. The number of methoxy groups -OCH3 is 1. The number of ether oxygens (including phenoxy) is 1. The Balaban J connectivity index is 1.60. The van der Waals surface area contributed by atoms with E-state index in [2.05, 4.69) is 63.1 Å². The van der Waals surface area contributed by atoms with Crippen LogP contribution in [0.3, 0.4) is 0 Å². The van der Waals surface area contributed by atoms with Crippen LogP contribution >= 0.6 is 11.3 Å². The fraction of sp³-hybridized carbons (Fsp3) is 0.250. The van der Waals surface area contributed by atoms with Gasteiger partial charge in [0.05, 0.1) is 19.0 Å². The van der Waals surface area contributed by atoms with Crippen LogP contribution < -0.4 is 20.3 Å². The molecule has 0 saturated carbocycles. The van der Waals surface area contributed by atoms with Gasteiger partial charge in [-0.15, -0.1) is 11.3 Å². The van der Waals surface area contributed by atoms with Crippen molar-refractivity contribution in [2.24, 2.45) is 4.99 Å². The number of rotatable bonds is 9. The first-order valence-electron chi connectivity index (χ1n) is 12.0. The van der Waals surface area contributed by atoms with Gasteiger partial charge in [0.25, 0.3) is 0 Å². The Morgan fingerprint density at radius 3 is 2.70 bits per heavy atom. The third kappa shape index (κ3) is 6.25. The van der Waals surface area contributed by atoms with Crippen molar-refractivity contribution in [3.8, 4) is 16.9 Å². The molecular weight excluding hydrogens is 484 g/mol. The molecule has 2 N–H and O–H groups in total. The van der Waals surface area contributed by atoms with Crippen LogP contribution in [-0.4, -0.2) is 62.8 Å². The second-order valence-electron chi connectivity index (χ2n) is 8.74. The zero-order valence-corrected chi connectivity index (χ0v) is 22.3. The zero-order valence-electron chi connectivity index (χ0n) is 21.5. The van der Waals surface area contributed by atoms with Crippen LogP contribution in [0.25, 0.3) is 17.2 Å². The van der Waals surface area contributed by atoms with Gasteiger partial charge in [0.1, 0.15) is 5.82 Å². The average Bonchev–Trinajstić information content (AvgIpc) is 3.28. The van der Waals surface area contributed by atoms with Crippen LogP contribution in [0.2, 0.25) is 0 Å². The smallest absolute Gasteiger partial charge is 0.247 e. The molecule has 3 aromatic rings. The van der Waals surface area contributed by atoms with Crippen LogP contribution in [0.1, 0.15) is 10.4 Å². The third-order valence-corrected chi connectivity index (χ3v) is 7.20. The van der Waals surface area contributed by atoms with Crippen molar-refractivity contribution >= 4 is 47.2 Å². The highest BCUT2D eigenvalue weighted by Crippen LogP contribution is 2.35. The fourth-order valence-corrected chi connectivity index (χ4v) is 4.98. The molecule has 2 aromatic heterocycles. The van der Waals surface area contributed by atoms with Crippen LogP contribution in [0, 0.1) is 6.92 Å². The van der Waals surface area contributed by atoms with Crippen LogP contribution in [0.15, 0.2) is 65.4 Å². The number of amides is 1. The molecule has 1 fully saturated rings. The van der Waals surface area contributed by atoms with Crippen molar-refractivity contribution in [2.45, 2.75) is 6.92 Å². The summed E-state index contributed by atoms with van der Waals surface area (Å²) in [7, 11) is 3.78. The molecule has 4 rings (SSSR count). The number of piperazine rings is 1. The van der Waals surface area contributed by atoms with Gasteiger partial charge >= 0.3 is 0 Å². The van der Waals surface area contributed by atoms with E-state index in [1.165, 1.54) is 6.08 Å². The molecule has 1 saturated heterocycles. The minimum Gasteiger partial charge on any atom is -0.493 e. The summed E-state index contributed by atoms with van der Waals surface area (Å²) in [5.74, 6) is 1.51. The molecule has 8 nitrogen and oxygen atoms in total. The van der Waals surface area contributed by atoms with Gasteiger partial charge in [0.15, 0.2) is 11.6 Å². The van der Waals surface area contributed by atoms with Gasteiger partial charge < -0.3 is 25.2 Å². The van der Waals surface area contributed by atoms with E-state index >= 15 is 0 Å². The van der Waals surface area contributed by atoms with Crippen LogP contribution in [0.5, 0.6) is 5.75 Å². The summed E-state index contributed by atoms with van der Waals surface area (Å²) in [5.41, 5.74) is 4.77. The van der Waals surface area contributed by atoms with Gasteiger partial charge in [-0.1, -0.05) is 18.7 Å². The number of likely N-dealkylation sites (N-methyl/N-ethyl adjacent to an activating group) is 1. The van der Waals surface area contributed by atoms with Crippen molar-refractivity contribution in [1.29, 1.82) is 0 Å². The number of benzene rings is 1. The quantitative estimate of drug-likeness (QED) is 0.304. The number of hydrogen-bond donors (Lipinski definition) is 2. The zero-order chi connectivity index (χ0) is 26.4. The van der Waals surface area contributed by atoms with Gasteiger partial charge in [0, 0.05) is 48.4 Å². The van der Waals surface area contributed by atoms with Crippen molar-refractivity contribution in [3.63, 3.8) is 0 Å². The second kappa shape index (κ2) is 11.9. The van der Waals surface area contributed by atoms with Gasteiger partial charge in [-0.2, -0.15) is 0 Å². The summed E-state index contributed by atoms with van der Waals surface area (Å²) < 4.78 is 5.66. The van der Waals surface area contributed by atoms with E-state index in [4.69, 9.17) is 4.74 Å². The van der Waals surface area contributed by atoms with E-state index < -0.39 is 0 Å². The van der Waals surface area contributed by atoms with Crippen LogP contribution in [-0.2, 0) is 4.79 Å². The highest BCUT2D eigenvalue weighted by Gasteiger charge is 2.17. The number of thiophene rings is 1. The van der Waals surface area contributed by atoms with Gasteiger partial charge in [-0.3, -0.25) is 4.79 Å². The predicted octanol–water partition coefficient (Wildman–Crippen LogP) is 5.11. The number of aliphatic imine (C=N–C) groups is 1. The topological polar surface area (TPSA) is 82.1 Å². The number of aryl methyl sites for hydroxylation is 1. The molecule has 1 aliphatic heterocycles. The normalized spacial score (nSPS) is 14.2. The number of carbonyl (C=O) groups is 1. The first kappa shape index (κ1) is 26.1. The maximum absolute atomic E-state index is 11.7. The molecule has 0 aliphatic carbocycles. The summed E-state index contributed by atoms with van der Waals surface area (Å²) in [6.07, 6.45) is 5.07. The molecule has 0 unspecified atom stereocenters. The van der Waals surface area contributed by atoms with Crippen molar-refractivity contribution < 1.29 is 9.53 Å². The van der Waals surface area contributed by atoms with E-state index in [0.29, 0.717) is 23.1 Å². The lowest BCUT2D eigenvalue weighted by Crippen LogP contribution is -2.44. The summed E-state index contributed by atoms with van der Waals surface area (Å²) >= 11 is 1.65. The lowest BCUT2D eigenvalue weighted by atomic mass is 10.0. The summed E-state index contributed by atoms with van der Waals surface area (Å²) in [4.78, 5) is 26.4. The highest BCUT2D eigenvalue weighted by molar-refractivity contribution is 7.10. The molecule has 0 bridgehead atoms. The lowest BCUT2D eigenvalue weighted by molar-refractivity contribution is -0.111. The number of carbonyl (C=O) groups excluding carboxylic acids is 1. The molecule has 0 spiro atoms. The molecule has 1 aliphatic rings. The van der Waals surface area contributed by atoms with E-state index in [-0.39, 0.29) is 5.91 Å². The molecule has 0 radical (unpaired) electrons. The summed E-state index contributed by atoms with van der Waals surface area (Å²) in [6.45, 7) is 13.3. The minimum atomic E-state index is -0.249. The second-order valence-corrected chi connectivity index (χ2v) is 9.82. The monoisotopic (exact) mass is 516 g/mol. The number of hydrogen-bond acceptors (Lipinski definition) is 8. The number of aromatic nitrogens is 1. The first-order valence-corrected chi connectivity index (χ1v) is 12.8. The van der Waals surface area contributed by atoms with Crippen molar-refractivity contribution in [3.05, 3.63) is 70.8 Å². The van der Waals surface area contributed by atoms with E-state index in [0.717, 1.165) is 53.4 Å². The Kier molecular flexibility index (Phi) is 8.37. The molecule has 1 aromatic carbocycles. The molecule has 37 heavy (non-hydrogen) atoms. The maximum atomic E-state index is 11.7. The maximum Gasteiger partial charge on any atom is 0.247 e. The predicted molar refractivity (Wildman–Crippen MR) is 155 cm³/mol. The number of nitrogens with zero attached hydrogens (tertiary/aromatic N) is 4. The number of anilines is 3. The standard InChI is InChI=1S/C28H32N6O2S/c1-6-27(35)31-21-9-7-8-20(14-21)24-18-37-19(2)23(24)16-26(29-3)32-28-25(36-5)15-22(17-30-28)34-12-10-33(4)11-13-34/h6-9,14-18H,1,3,10-13H2,2,4-5H3,(H,30,32)(H,31,35)/b26-16+. The highest BCUT2D eigenvalue weighted by atomic mass is 32.1. The Morgan fingerprint density at radius 2 is 2.00 bits per heavy atom. The molecule has 3 heterocycles. The van der Waals surface area contributed by atoms with Crippen LogP contribution in [0.4, 0.5) is 17.2 Å². The van der Waals surface area contributed by atoms with E-state index in [1.54, 1.807) is 18.4 Å². The fourth-order valence-electron chi connectivity index (χ4n) is 4.13. The van der Waals surface area contributed by atoms with Gasteiger partial charge in [-0.05, 0) is 61.5 Å². The Hall–Kier alpha value is -3.95. The number of nitrogens with one attached hydrogen (secondary N) is 2. The Labute approximate surface area is 222 Å². The van der Waals surface area contributed by atoms with E-state index in [9.17, 15) is 4.79 Å². The lowest BCUT2D eigenvalue weighted by Gasteiger charge is -2.34. The SMILES string of the molecule is C=CC(=O)Nc1cccc(-c2csc(C)c2/C=C(\N=C)Nc2ncc(N3CCN(C)CC3)cc2OC)c1. The average molecular weight is 517 g/mol. The number of pyridine rings is 1. The largest absolute Gasteiger partial charge is 0.493 e. The molecular formula is C28H32N6O2S. The molecule has 0 atom stereocenters. The van der Waals surface area contributed by atoms with Gasteiger partial charge in [-0.25, -0.2) is 9.98 Å². The van der Waals surface area contributed by atoms with E-state index in [1.807, 2.05) is 42.6 Å². The van der Waals surface area contributed by atoms with Crippen molar-refractivity contribution in [1.82, 2.24) is 9.88 Å². The molecule has 1 amide bonds. The summed E-state index contributed by atoms with van der Waals surface area (Å²) in [5, 5.41) is 8.20. The first-order chi connectivity index (χ1) is 17.9. The Bertz CT molecular complexity index is 1320. The minimum absolute atomic E-state index is 0.249. The molecule has 9 heteroatoms.